The summed E-state index contributed by atoms with van der Waals surface area (Å²) >= 11 is 1.81. The van der Waals surface area contributed by atoms with Gasteiger partial charge in [0.05, 0.1) is 22.1 Å². The third-order valence-corrected chi connectivity index (χ3v) is 14.7. The summed E-state index contributed by atoms with van der Waals surface area (Å²) in [6.07, 6.45) is 0. The summed E-state index contributed by atoms with van der Waals surface area (Å²) in [6, 6.07) is 84.7. The molecule has 0 fully saturated rings. The fraction of sp³-hybridized carbons (Fsp3) is 0. The van der Waals surface area contributed by atoms with Crippen molar-refractivity contribution >= 4 is 75.1 Å². The van der Waals surface area contributed by atoms with Crippen LogP contribution in [0, 0.1) is 0 Å². The summed E-state index contributed by atoms with van der Waals surface area (Å²) in [5, 5.41) is 7.27. The normalized spacial score (nSPS) is 11.8. The van der Waals surface area contributed by atoms with E-state index in [2.05, 4.69) is 209 Å². The molecule has 0 radical (unpaired) electrons. The third-order valence-electron chi connectivity index (χ3n) is 13.6. The van der Waals surface area contributed by atoms with Crippen LogP contribution in [0.1, 0.15) is 0 Å². The first-order chi connectivity index (χ1) is 34.2. The van der Waals surface area contributed by atoms with E-state index >= 15 is 0 Å². The Hall–Kier alpha value is -8.97. The van der Waals surface area contributed by atoms with Crippen molar-refractivity contribution in [3.63, 3.8) is 0 Å². The quantitative estimate of drug-likeness (QED) is 0.160. The fourth-order valence-electron chi connectivity index (χ4n) is 10.4. The first-order valence-electron chi connectivity index (χ1n) is 23.3. The van der Waals surface area contributed by atoms with Crippen molar-refractivity contribution in [2.24, 2.45) is 0 Å². The van der Waals surface area contributed by atoms with Crippen LogP contribution in [0.2, 0.25) is 0 Å². The smallest absolute Gasteiger partial charge is 0.164 e. The van der Waals surface area contributed by atoms with Crippen molar-refractivity contribution in [3.8, 4) is 67.8 Å². The van der Waals surface area contributed by atoms with Gasteiger partial charge in [-0.25, -0.2) is 15.0 Å². The fourth-order valence-corrected chi connectivity index (χ4v) is 11.5. The number of benzene rings is 10. The van der Waals surface area contributed by atoms with Gasteiger partial charge in [0, 0.05) is 69.8 Å². The van der Waals surface area contributed by atoms with Crippen LogP contribution in [0.5, 0.6) is 0 Å². The lowest BCUT2D eigenvalue weighted by atomic mass is 9.98. The highest BCUT2D eigenvalue weighted by Gasteiger charge is 2.20. The van der Waals surface area contributed by atoms with Gasteiger partial charge in [0.1, 0.15) is 0 Å². The number of thiophene rings is 1. The summed E-state index contributed by atoms with van der Waals surface area (Å²) in [7, 11) is 0. The lowest BCUT2D eigenvalue weighted by molar-refractivity contribution is 1.08. The lowest BCUT2D eigenvalue weighted by Gasteiger charge is -2.10. The lowest BCUT2D eigenvalue weighted by Crippen LogP contribution is -2.00. The van der Waals surface area contributed by atoms with Crippen molar-refractivity contribution in [1.82, 2.24) is 24.1 Å². The van der Waals surface area contributed by atoms with E-state index < -0.39 is 0 Å². The molecule has 6 heteroatoms. The highest BCUT2D eigenvalue weighted by Crippen LogP contribution is 2.43. The average molecular weight is 898 g/mol. The minimum absolute atomic E-state index is 0.655. The van der Waals surface area contributed by atoms with E-state index in [0.29, 0.717) is 17.5 Å². The van der Waals surface area contributed by atoms with Crippen molar-refractivity contribution in [1.29, 1.82) is 0 Å². The van der Waals surface area contributed by atoms with Crippen LogP contribution in [0.15, 0.2) is 237 Å². The maximum Gasteiger partial charge on any atom is 0.164 e. The summed E-state index contributed by atoms with van der Waals surface area (Å²) in [4.78, 5) is 15.2. The molecule has 0 aliphatic rings. The Morgan fingerprint density at radius 3 is 1.26 bits per heavy atom. The van der Waals surface area contributed by atoms with Gasteiger partial charge in [-0.15, -0.1) is 11.3 Å². The van der Waals surface area contributed by atoms with Crippen LogP contribution < -0.4 is 0 Å². The molecule has 0 aliphatic heterocycles. The number of para-hydroxylation sites is 3. The SMILES string of the molecule is c1ccc(-c2nc(-c3ccccc3)nc(-c3cccc4sc5cc(-c6ccc7c(c6)c6cc(-c8ccc9c(c8)c8ccccc8n9-c8ccccc8)ccc6n7-c6ccccc6)ccc5c34)n2)cc1. The monoisotopic (exact) mass is 897 g/mol. The Kier molecular flexibility index (Phi) is 9.00. The summed E-state index contributed by atoms with van der Waals surface area (Å²) in [6.45, 7) is 0. The minimum atomic E-state index is 0.655. The van der Waals surface area contributed by atoms with Crippen LogP contribution in [-0.2, 0) is 0 Å². The van der Waals surface area contributed by atoms with Crippen LogP contribution in [0.4, 0.5) is 0 Å². The van der Waals surface area contributed by atoms with Crippen molar-refractivity contribution < 1.29 is 0 Å². The molecule has 322 valence electrons. The molecule has 0 atom stereocenters. The molecule has 0 saturated carbocycles. The van der Waals surface area contributed by atoms with E-state index in [1.54, 1.807) is 0 Å². The van der Waals surface area contributed by atoms with Crippen molar-refractivity contribution in [2.75, 3.05) is 0 Å². The molecule has 4 heterocycles. The molecular formula is C63H39N5S. The van der Waals surface area contributed by atoms with E-state index in [-0.39, 0.29) is 0 Å². The number of rotatable bonds is 7. The Bertz CT molecular complexity index is 4230. The molecule has 0 N–H and O–H groups in total. The first-order valence-corrected chi connectivity index (χ1v) is 24.1. The van der Waals surface area contributed by atoms with E-state index in [4.69, 9.17) is 15.0 Å². The van der Waals surface area contributed by atoms with E-state index in [1.807, 2.05) is 47.7 Å². The van der Waals surface area contributed by atoms with Crippen molar-refractivity contribution in [3.05, 3.63) is 237 Å². The Morgan fingerprint density at radius 2 is 0.710 bits per heavy atom. The number of nitrogens with zero attached hydrogens (tertiary/aromatic N) is 5. The van der Waals surface area contributed by atoms with Gasteiger partial charge < -0.3 is 9.13 Å². The number of aromatic nitrogens is 5. The molecule has 14 rings (SSSR count). The van der Waals surface area contributed by atoms with Crippen molar-refractivity contribution in [2.45, 2.75) is 0 Å². The number of hydrogen-bond donors (Lipinski definition) is 0. The second-order valence-corrected chi connectivity index (χ2v) is 18.7. The predicted molar refractivity (Wildman–Crippen MR) is 289 cm³/mol. The molecule has 69 heavy (non-hydrogen) atoms. The summed E-state index contributed by atoms with van der Waals surface area (Å²) in [5.74, 6) is 1.97. The van der Waals surface area contributed by atoms with Gasteiger partial charge >= 0.3 is 0 Å². The van der Waals surface area contributed by atoms with E-state index in [0.717, 1.165) is 33.5 Å². The Labute approximate surface area is 401 Å². The Balaban J connectivity index is 0.905. The molecule has 14 aromatic rings. The van der Waals surface area contributed by atoms with E-state index in [1.165, 1.54) is 80.7 Å². The maximum atomic E-state index is 5.12. The highest BCUT2D eigenvalue weighted by atomic mass is 32.1. The minimum Gasteiger partial charge on any atom is -0.309 e. The van der Waals surface area contributed by atoms with Crippen LogP contribution >= 0.6 is 11.3 Å². The molecule has 0 unspecified atom stereocenters. The number of hydrogen-bond acceptors (Lipinski definition) is 4. The molecule has 10 aromatic carbocycles. The zero-order valence-corrected chi connectivity index (χ0v) is 38.0. The van der Waals surface area contributed by atoms with E-state index in [9.17, 15) is 0 Å². The molecule has 0 amide bonds. The van der Waals surface area contributed by atoms with Gasteiger partial charge in [0.25, 0.3) is 0 Å². The Morgan fingerprint density at radius 1 is 0.275 bits per heavy atom. The zero-order chi connectivity index (χ0) is 45.4. The van der Waals surface area contributed by atoms with Gasteiger partial charge in [-0.2, -0.15) is 0 Å². The topological polar surface area (TPSA) is 48.5 Å². The molecule has 0 aliphatic carbocycles. The van der Waals surface area contributed by atoms with Crippen LogP contribution in [-0.4, -0.2) is 24.1 Å². The second-order valence-electron chi connectivity index (χ2n) is 17.6. The summed E-state index contributed by atoms with van der Waals surface area (Å²) < 4.78 is 7.19. The largest absolute Gasteiger partial charge is 0.309 e. The van der Waals surface area contributed by atoms with Gasteiger partial charge in [-0.3, -0.25) is 0 Å². The van der Waals surface area contributed by atoms with Gasteiger partial charge in [-0.1, -0.05) is 158 Å². The number of fused-ring (bicyclic) bond motifs is 9. The molecule has 5 nitrogen and oxygen atoms in total. The van der Waals surface area contributed by atoms with Gasteiger partial charge in [0.2, 0.25) is 0 Å². The molecule has 4 aromatic heterocycles. The molecule has 0 bridgehead atoms. The zero-order valence-electron chi connectivity index (χ0n) is 37.2. The van der Waals surface area contributed by atoms with Crippen LogP contribution in [0.25, 0.3) is 132 Å². The first kappa shape index (κ1) is 39.2. The van der Waals surface area contributed by atoms with Gasteiger partial charge in [-0.05, 0) is 101 Å². The molecule has 0 saturated heterocycles. The second kappa shape index (κ2) is 15.8. The molecular weight excluding hydrogens is 859 g/mol. The average Bonchev–Trinajstić information content (AvgIpc) is 4.08. The molecule has 0 spiro atoms. The van der Waals surface area contributed by atoms with Gasteiger partial charge in [0.15, 0.2) is 17.5 Å². The summed E-state index contributed by atoms with van der Waals surface area (Å²) in [5.41, 5.74) is 14.7. The predicted octanol–water partition coefficient (Wildman–Crippen LogP) is 16.8. The standard InChI is InChI=1S/C63H39N5S/c1-5-16-40(17-6-1)61-64-62(41-18-7-2-8-19-41)66-63(65-61)50-25-15-27-58-60(50)49-32-28-45(39-59(49)69-58)44-31-35-57-53(38-44)52-37-43(30-34-56(52)68(57)47-22-11-4-12-23-47)42-29-33-55-51(36-42)48-24-13-14-26-54(48)67(55)46-20-9-3-10-21-46/h1-39H. The maximum absolute atomic E-state index is 5.12. The highest BCUT2D eigenvalue weighted by molar-refractivity contribution is 7.26. The third kappa shape index (κ3) is 6.49. The van der Waals surface area contributed by atoms with Crippen LogP contribution in [0.3, 0.4) is 0 Å².